The lowest BCUT2D eigenvalue weighted by atomic mass is 9.79. The summed E-state index contributed by atoms with van der Waals surface area (Å²) in [7, 11) is 0. The van der Waals surface area contributed by atoms with Gasteiger partial charge < -0.3 is 4.74 Å². The van der Waals surface area contributed by atoms with Crippen molar-refractivity contribution in [3.8, 4) is 0 Å². The number of ether oxygens (including phenoxy) is 1. The van der Waals surface area contributed by atoms with Crippen molar-refractivity contribution < 1.29 is 9.53 Å². The van der Waals surface area contributed by atoms with E-state index in [1.807, 2.05) is 0 Å². The normalized spacial score (nSPS) is 27.8. The summed E-state index contributed by atoms with van der Waals surface area (Å²) in [6.45, 7) is 6.33. The van der Waals surface area contributed by atoms with Crippen molar-refractivity contribution in [1.82, 2.24) is 0 Å². The highest BCUT2D eigenvalue weighted by atomic mass is 16.6. The third-order valence-electron chi connectivity index (χ3n) is 4.59. The van der Waals surface area contributed by atoms with Gasteiger partial charge in [0.05, 0.1) is 5.92 Å². The van der Waals surface area contributed by atoms with Crippen molar-refractivity contribution >= 4 is 5.97 Å². The van der Waals surface area contributed by atoms with Crippen LogP contribution in [0.5, 0.6) is 0 Å². The third kappa shape index (κ3) is 3.71. The van der Waals surface area contributed by atoms with Crippen molar-refractivity contribution in [3.63, 3.8) is 0 Å². The van der Waals surface area contributed by atoms with Crippen LogP contribution in [0.3, 0.4) is 0 Å². The summed E-state index contributed by atoms with van der Waals surface area (Å²) in [5.74, 6) is 0.532. The van der Waals surface area contributed by atoms with Crippen LogP contribution in [0.4, 0.5) is 0 Å². The Balaban J connectivity index is 1.92. The number of hydrogen-bond acceptors (Lipinski definition) is 2. The molecule has 0 bridgehead atoms. The predicted molar refractivity (Wildman–Crippen MR) is 77.8 cm³/mol. The van der Waals surface area contributed by atoms with Crippen LogP contribution < -0.4 is 0 Å². The van der Waals surface area contributed by atoms with Gasteiger partial charge in [-0.05, 0) is 59.3 Å². The van der Waals surface area contributed by atoms with Gasteiger partial charge in [0.2, 0.25) is 0 Å². The number of carbonyl (C=O) groups is 1. The van der Waals surface area contributed by atoms with Gasteiger partial charge in [0.25, 0.3) is 0 Å². The topological polar surface area (TPSA) is 26.3 Å². The third-order valence-corrected chi connectivity index (χ3v) is 4.59. The molecule has 2 nitrogen and oxygen atoms in total. The first-order valence-corrected chi connectivity index (χ1v) is 7.52. The van der Waals surface area contributed by atoms with Crippen LogP contribution in [-0.4, -0.2) is 11.6 Å². The number of carbonyl (C=O) groups excluding carboxylic acids is 1. The van der Waals surface area contributed by atoms with E-state index in [0.717, 1.165) is 38.5 Å². The molecule has 0 amide bonds. The zero-order valence-corrected chi connectivity index (χ0v) is 12.4. The maximum atomic E-state index is 12.2. The molecular formula is C17H26O2. The molecule has 2 atom stereocenters. The summed E-state index contributed by atoms with van der Waals surface area (Å²) in [6, 6.07) is 0. The van der Waals surface area contributed by atoms with Gasteiger partial charge in [0.1, 0.15) is 5.60 Å². The molecule has 106 valence electrons. The molecular weight excluding hydrogens is 236 g/mol. The monoisotopic (exact) mass is 262 g/mol. The molecule has 19 heavy (non-hydrogen) atoms. The summed E-state index contributed by atoms with van der Waals surface area (Å²) >= 11 is 0. The Morgan fingerprint density at radius 1 is 1.26 bits per heavy atom. The van der Waals surface area contributed by atoms with Crippen LogP contribution in [0.25, 0.3) is 0 Å². The largest absolute Gasteiger partial charge is 0.459 e. The van der Waals surface area contributed by atoms with Gasteiger partial charge in [-0.1, -0.05) is 23.8 Å². The molecule has 2 aliphatic carbocycles. The zero-order valence-electron chi connectivity index (χ0n) is 12.4. The molecule has 2 rings (SSSR count). The van der Waals surface area contributed by atoms with Crippen molar-refractivity contribution in [2.24, 2.45) is 11.8 Å². The number of rotatable bonds is 3. The molecule has 0 aromatic rings. The van der Waals surface area contributed by atoms with E-state index in [4.69, 9.17) is 4.74 Å². The first-order chi connectivity index (χ1) is 8.99. The quantitative estimate of drug-likeness (QED) is 0.556. The number of esters is 1. The molecule has 0 N–H and O–H groups in total. The SMILES string of the molecule is CC1=CCC(C(C)(C)OC(=O)C2CC=CCC2)CC1. The Morgan fingerprint density at radius 2 is 2.05 bits per heavy atom. The maximum absolute atomic E-state index is 12.2. The fourth-order valence-electron chi connectivity index (χ4n) is 3.03. The average molecular weight is 262 g/mol. The summed E-state index contributed by atoms with van der Waals surface area (Å²) < 4.78 is 5.85. The Hall–Kier alpha value is -1.05. The molecule has 2 heteroatoms. The van der Waals surface area contributed by atoms with Gasteiger partial charge in [-0.3, -0.25) is 4.79 Å². The lowest BCUT2D eigenvalue weighted by Crippen LogP contribution is -2.39. The molecule has 0 spiro atoms. The molecule has 0 saturated carbocycles. The van der Waals surface area contributed by atoms with Crippen LogP contribution in [0.1, 0.15) is 59.3 Å². The highest BCUT2D eigenvalue weighted by Gasteiger charge is 2.35. The van der Waals surface area contributed by atoms with Crippen LogP contribution in [0.15, 0.2) is 23.8 Å². The van der Waals surface area contributed by atoms with E-state index in [9.17, 15) is 4.79 Å². The summed E-state index contributed by atoms with van der Waals surface area (Å²) in [5.41, 5.74) is 1.13. The van der Waals surface area contributed by atoms with Crippen molar-refractivity contribution in [1.29, 1.82) is 0 Å². The Kier molecular flexibility index (Phi) is 4.49. The zero-order chi connectivity index (χ0) is 13.9. The van der Waals surface area contributed by atoms with Gasteiger partial charge >= 0.3 is 5.97 Å². The van der Waals surface area contributed by atoms with Gasteiger partial charge in [0, 0.05) is 5.92 Å². The van der Waals surface area contributed by atoms with Crippen molar-refractivity contribution in [2.45, 2.75) is 64.9 Å². The highest BCUT2D eigenvalue weighted by Crippen LogP contribution is 2.35. The standard InChI is InChI=1S/C17H26O2/c1-13-9-11-15(12-10-13)17(2,3)19-16(18)14-7-5-4-6-8-14/h4-5,9,14-15H,6-8,10-12H2,1-3H3. The maximum Gasteiger partial charge on any atom is 0.309 e. The van der Waals surface area contributed by atoms with E-state index in [-0.39, 0.29) is 17.5 Å². The minimum absolute atomic E-state index is 0.000579. The van der Waals surface area contributed by atoms with Gasteiger partial charge in [-0.15, -0.1) is 0 Å². The minimum atomic E-state index is -0.338. The van der Waals surface area contributed by atoms with Crippen LogP contribution in [-0.2, 0) is 9.53 Å². The van der Waals surface area contributed by atoms with Gasteiger partial charge in [-0.2, -0.15) is 0 Å². The van der Waals surface area contributed by atoms with Gasteiger partial charge in [0.15, 0.2) is 0 Å². The Labute approximate surface area is 116 Å². The molecule has 0 aromatic carbocycles. The summed E-state index contributed by atoms with van der Waals surface area (Å²) in [6.07, 6.45) is 12.7. The minimum Gasteiger partial charge on any atom is -0.459 e. The lowest BCUT2D eigenvalue weighted by molar-refractivity contribution is -0.167. The second kappa shape index (κ2) is 5.94. The van der Waals surface area contributed by atoms with E-state index in [0.29, 0.717) is 5.92 Å². The van der Waals surface area contributed by atoms with Gasteiger partial charge in [-0.25, -0.2) is 0 Å². The van der Waals surface area contributed by atoms with Crippen molar-refractivity contribution in [2.75, 3.05) is 0 Å². The Bertz CT molecular complexity index is 390. The summed E-state index contributed by atoms with van der Waals surface area (Å²) in [4.78, 5) is 12.2. The van der Waals surface area contributed by atoms with Crippen LogP contribution >= 0.6 is 0 Å². The smallest absolute Gasteiger partial charge is 0.309 e. The summed E-state index contributed by atoms with van der Waals surface area (Å²) in [5, 5.41) is 0. The molecule has 0 aromatic heterocycles. The van der Waals surface area contributed by atoms with E-state index in [1.165, 1.54) is 5.57 Å². The van der Waals surface area contributed by atoms with Crippen molar-refractivity contribution in [3.05, 3.63) is 23.8 Å². The first-order valence-electron chi connectivity index (χ1n) is 7.52. The molecule has 2 unspecified atom stereocenters. The number of allylic oxidation sites excluding steroid dienone is 4. The lowest BCUT2D eigenvalue weighted by Gasteiger charge is -2.36. The molecule has 0 heterocycles. The van der Waals surface area contributed by atoms with Crippen LogP contribution in [0.2, 0.25) is 0 Å². The van der Waals surface area contributed by atoms with E-state index in [2.05, 4.69) is 39.0 Å². The predicted octanol–water partition coefficient (Wildman–Crippen LogP) is 4.41. The molecule has 0 radical (unpaired) electrons. The highest BCUT2D eigenvalue weighted by molar-refractivity contribution is 5.73. The average Bonchev–Trinajstić information content (AvgIpc) is 2.40. The molecule has 2 aliphatic rings. The first kappa shape index (κ1) is 14.4. The fourth-order valence-corrected chi connectivity index (χ4v) is 3.03. The van der Waals surface area contributed by atoms with E-state index in [1.54, 1.807) is 0 Å². The second-order valence-electron chi connectivity index (χ2n) is 6.53. The molecule has 0 fully saturated rings. The number of hydrogen-bond donors (Lipinski definition) is 0. The van der Waals surface area contributed by atoms with E-state index < -0.39 is 0 Å². The van der Waals surface area contributed by atoms with Crippen LogP contribution in [0, 0.1) is 11.8 Å². The van der Waals surface area contributed by atoms with E-state index >= 15 is 0 Å². The molecule has 0 saturated heterocycles. The second-order valence-corrected chi connectivity index (χ2v) is 6.53. The Morgan fingerprint density at radius 3 is 2.63 bits per heavy atom. The molecule has 0 aliphatic heterocycles. The fraction of sp³-hybridized carbons (Fsp3) is 0.706.